The van der Waals surface area contributed by atoms with E-state index in [0.29, 0.717) is 28.8 Å². The molecule has 2 aromatic heterocycles. The van der Waals surface area contributed by atoms with Crippen LogP contribution >= 0.6 is 11.6 Å². The number of hydrogen-bond donors (Lipinski definition) is 1. The van der Waals surface area contributed by atoms with Crippen molar-refractivity contribution in [1.29, 1.82) is 0 Å². The molecular weight excluding hydrogens is 402 g/mol. The zero-order chi connectivity index (χ0) is 20.9. The van der Waals surface area contributed by atoms with Crippen LogP contribution in [0.2, 0.25) is 5.02 Å². The normalized spacial score (nSPS) is 10.7. The third-order valence-electron chi connectivity index (χ3n) is 4.44. The first-order valence-corrected chi connectivity index (χ1v) is 9.79. The number of rotatable bonds is 7. The monoisotopic (exact) mass is 421 g/mol. The molecule has 30 heavy (non-hydrogen) atoms. The molecule has 0 saturated heterocycles. The van der Waals surface area contributed by atoms with Gasteiger partial charge in [-0.05, 0) is 48.9 Å². The maximum Gasteiger partial charge on any atom is 0.291 e. The first kappa shape index (κ1) is 19.8. The summed E-state index contributed by atoms with van der Waals surface area (Å²) in [6.45, 7) is 2.89. The fourth-order valence-electron chi connectivity index (χ4n) is 2.85. The molecule has 0 bridgehead atoms. The Kier molecular flexibility index (Phi) is 5.86. The highest BCUT2D eigenvalue weighted by Gasteiger charge is 2.13. The number of halogens is 1. The molecule has 0 saturated carbocycles. The highest BCUT2D eigenvalue weighted by molar-refractivity contribution is 6.30. The largest absolute Gasteiger partial charge is 0.486 e. The number of nitrogens with zero attached hydrogens (tertiary/aromatic N) is 2. The summed E-state index contributed by atoms with van der Waals surface area (Å²) in [5.41, 5.74) is 2.95. The predicted molar refractivity (Wildman–Crippen MR) is 115 cm³/mol. The third kappa shape index (κ3) is 5.10. The molecule has 0 fully saturated rings. The van der Waals surface area contributed by atoms with E-state index in [2.05, 4.69) is 41.6 Å². The van der Waals surface area contributed by atoms with Crippen molar-refractivity contribution in [2.24, 2.45) is 0 Å². The molecular formula is C23H20ClN3O3. The number of hydrogen-bond acceptors (Lipinski definition) is 4. The van der Waals surface area contributed by atoms with Gasteiger partial charge in [-0.25, -0.2) is 0 Å². The van der Waals surface area contributed by atoms with E-state index in [0.717, 1.165) is 5.56 Å². The average molecular weight is 422 g/mol. The zero-order valence-corrected chi connectivity index (χ0v) is 17.1. The first-order valence-electron chi connectivity index (χ1n) is 9.41. The van der Waals surface area contributed by atoms with Crippen molar-refractivity contribution in [1.82, 2.24) is 9.78 Å². The Morgan fingerprint density at radius 3 is 2.63 bits per heavy atom. The van der Waals surface area contributed by atoms with Crippen LogP contribution in [0.3, 0.4) is 0 Å². The molecule has 0 spiro atoms. The molecule has 0 aliphatic carbocycles. The molecule has 6 nitrogen and oxygen atoms in total. The van der Waals surface area contributed by atoms with Gasteiger partial charge < -0.3 is 14.5 Å². The molecule has 152 valence electrons. The van der Waals surface area contributed by atoms with Gasteiger partial charge in [0, 0.05) is 11.2 Å². The van der Waals surface area contributed by atoms with Crippen LogP contribution in [0.1, 0.15) is 27.4 Å². The topological polar surface area (TPSA) is 69.3 Å². The van der Waals surface area contributed by atoms with Gasteiger partial charge >= 0.3 is 0 Å². The molecule has 0 aliphatic heterocycles. The summed E-state index contributed by atoms with van der Waals surface area (Å²) in [6, 6.07) is 18.6. The lowest BCUT2D eigenvalue weighted by Gasteiger charge is -2.04. The highest BCUT2D eigenvalue weighted by Crippen LogP contribution is 2.18. The Balaban J connectivity index is 1.32. The van der Waals surface area contributed by atoms with Crippen molar-refractivity contribution in [2.75, 3.05) is 5.32 Å². The van der Waals surface area contributed by atoms with E-state index in [-0.39, 0.29) is 18.3 Å². The number of ether oxygens (including phenoxy) is 1. The standard InChI is InChI=1S/C23H20ClN3O3/c1-16-2-4-17(5-3-16)13-27-14-19(12-25-27)26-23(28)22-11-10-21(30-22)15-29-20-8-6-18(24)7-9-20/h2-12,14H,13,15H2,1H3,(H,26,28). The van der Waals surface area contributed by atoms with Crippen molar-refractivity contribution < 1.29 is 13.9 Å². The Bertz CT molecular complexity index is 1130. The number of carbonyl (C=O) groups excluding carboxylic acids is 1. The molecule has 4 aromatic rings. The van der Waals surface area contributed by atoms with E-state index in [9.17, 15) is 4.79 Å². The van der Waals surface area contributed by atoms with Gasteiger partial charge in [0.15, 0.2) is 5.76 Å². The fraction of sp³-hybridized carbons (Fsp3) is 0.130. The summed E-state index contributed by atoms with van der Waals surface area (Å²) in [6.07, 6.45) is 3.39. The Labute approximate surface area is 179 Å². The SMILES string of the molecule is Cc1ccc(Cn2cc(NC(=O)c3ccc(COc4ccc(Cl)cc4)o3)cn2)cc1. The van der Waals surface area contributed by atoms with Crippen molar-refractivity contribution in [3.63, 3.8) is 0 Å². The summed E-state index contributed by atoms with van der Waals surface area (Å²) in [7, 11) is 0. The molecule has 2 aromatic carbocycles. The maximum atomic E-state index is 12.4. The van der Waals surface area contributed by atoms with E-state index in [1.165, 1.54) is 5.56 Å². The van der Waals surface area contributed by atoms with Gasteiger partial charge in [-0.1, -0.05) is 41.4 Å². The van der Waals surface area contributed by atoms with E-state index >= 15 is 0 Å². The van der Waals surface area contributed by atoms with Crippen LogP contribution in [-0.2, 0) is 13.2 Å². The van der Waals surface area contributed by atoms with Crippen molar-refractivity contribution in [2.45, 2.75) is 20.1 Å². The number of carbonyl (C=O) groups is 1. The second-order valence-corrected chi connectivity index (χ2v) is 7.31. The number of benzene rings is 2. The summed E-state index contributed by atoms with van der Waals surface area (Å²) in [5.74, 6) is 1.08. The fourth-order valence-corrected chi connectivity index (χ4v) is 2.98. The van der Waals surface area contributed by atoms with E-state index in [1.54, 1.807) is 53.5 Å². The number of aromatic nitrogens is 2. The van der Waals surface area contributed by atoms with Crippen LogP contribution in [0.4, 0.5) is 5.69 Å². The first-order chi connectivity index (χ1) is 14.5. The van der Waals surface area contributed by atoms with Crippen molar-refractivity contribution in [3.8, 4) is 5.75 Å². The second kappa shape index (κ2) is 8.88. The average Bonchev–Trinajstić information content (AvgIpc) is 3.39. The summed E-state index contributed by atoms with van der Waals surface area (Å²) in [5, 5.41) is 7.73. The minimum Gasteiger partial charge on any atom is -0.486 e. The highest BCUT2D eigenvalue weighted by atomic mass is 35.5. The molecule has 0 unspecified atom stereocenters. The number of aryl methyl sites for hydroxylation is 1. The Hall–Kier alpha value is -3.51. The van der Waals surface area contributed by atoms with E-state index < -0.39 is 0 Å². The molecule has 1 N–H and O–H groups in total. The Morgan fingerprint density at radius 1 is 1.10 bits per heavy atom. The van der Waals surface area contributed by atoms with Gasteiger partial charge in [0.25, 0.3) is 5.91 Å². The smallest absolute Gasteiger partial charge is 0.291 e. The van der Waals surface area contributed by atoms with Gasteiger partial charge in [-0.2, -0.15) is 5.10 Å². The summed E-state index contributed by atoms with van der Waals surface area (Å²) in [4.78, 5) is 12.4. The quantitative estimate of drug-likeness (QED) is 0.438. The van der Waals surface area contributed by atoms with Crippen molar-refractivity contribution in [3.05, 3.63) is 101 Å². The molecule has 0 radical (unpaired) electrons. The van der Waals surface area contributed by atoms with Crippen molar-refractivity contribution >= 4 is 23.2 Å². The molecule has 2 heterocycles. The van der Waals surface area contributed by atoms with Crippen LogP contribution in [0.5, 0.6) is 5.75 Å². The van der Waals surface area contributed by atoms with Crippen LogP contribution in [-0.4, -0.2) is 15.7 Å². The van der Waals surface area contributed by atoms with E-state index in [4.69, 9.17) is 20.8 Å². The van der Waals surface area contributed by atoms with Crippen LogP contribution in [0.25, 0.3) is 0 Å². The number of furan rings is 1. The van der Waals surface area contributed by atoms with Gasteiger partial charge in [-0.15, -0.1) is 0 Å². The number of amides is 1. The molecule has 1 amide bonds. The molecule has 7 heteroatoms. The third-order valence-corrected chi connectivity index (χ3v) is 4.69. The van der Waals surface area contributed by atoms with Crippen LogP contribution in [0.15, 0.2) is 77.5 Å². The van der Waals surface area contributed by atoms with Crippen LogP contribution in [0, 0.1) is 6.92 Å². The molecule has 0 aliphatic rings. The van der Waals surface area contributed by atoms with Gasteiger partial charge in [-0.3, -0.25) is 9.48 Å². The number of anilines is 1. The minimum absolute atomic E-state index is 0.205. The van der Waals surface area contributed by atoms with Gasteiger partial charge in [0.2, 0.25) is 0 Å². The lowest BCUT2D eigenvalue weighted by Crippen LogP contribution is -2.10. The predicted octanol–water partition coefficient (Wildman–Crippen LogP) is 5.32. The van der Waals surface area contributed by atoms with E-state index in [1.807, 2.05) is 0 Å². The minimum atomic E-state index is -0.345. The van der Waals surface area contributed by atoms with Crippen LogP contribution < -0.4 is 10.1 Å². The Morgan fingerprint density at radius 2 is 1.87 bits per heavy atom. The maximum absolute atomic E-state index is 12.4. The summed E-state index contributed by atoms with van der Waals surface area (Å²) < 4.78 is 13.0. The lowest BCUT2D eigenvalue weighted by atomic mass is 10.1. The molecule has 4 rings (SSSR count). The summed E-state index contributed by atoms with van der Waals surface area (Å²) >= 11 is 5.86. The van der Waals surface area contributed by atoms with Gasteiger partial charge in [0.1, 0.15) is 18.1 Å². The lowest BCUT2D eigenvalue weighted by molar-refractivity contribution is 0.0992. The number of nitrogens with one attached hydrogen (secondary N) is 1. The van der Waals surface area contributed by atoms with Gasteiger partial charge in [0.05, 0.1) is 18.4 Å². The zero-order valence-electron chi connectivity index (χ0n) is 16.3. The second-order valence-electron chi connectivity index (χ2n) is 6.87. The molecule has 0 atom stereocenters.